The van der Waals surface area contributed by atoms with E-state index in [0.717, 1.165) is 31.5 Å². The van der Waals surface area contributed by atoms with Gasteiger partial charge < -0.3 is 0 Å². The van der Waals surface area contributed by atoms with E-state index in [1.54, 1.807) is 12.1 Å². The summed E-state index contributed by atoms with van der Waals surface area (Å²) in [6, 6.07) is 9.48. The predicted molar refractivity (Wildman–Crippen MR) is 93.7 cm³/mol. The lowest BCUT2D eigenvalue weighted by Gasteiger charge is -2.38. The van der Waals surface area contributed by atoms with Crippen LogP contribution >= 0.6 is 0 Å². The lowest BCUT2D eigenvalue weighted by atomic mass is 9.78. The van der Waals surface area contributed by atoms with Crippen LogP contribution in [0, 0.1) is 16.7 Å². The molecule has 23 heavy (non-hydrogen) atoms. The highest BCUT2D eigenvalue weighted by atomic mass is 32.2. The van der Waals surface area contributed by atoms with Crippen LogP contribution in [-0.4, -0.2) is 32.7 Å². The van der Waals surface area contributed by atoms with E-state index >= 15 is 0 Å². The van der Waals surface area contributed by atoms with Crippen LogP contribution in [0.25, 0.3) is 0 Å². The molecule has 0 radical (unpaired) electrons. The minimum absolute atomic E-state index is 0.113. The number of piperidine rings is 1. The van der Waals surface area contributed by atoms with Gasteiger partial charge in [0.15, 0.2) is 9.84 Å². The number of rotatable bonds is 4. The van der Waals surface area contributed by atoms with Gasteiger partial charge in [-0.3, -0.25) is 4.90 Å². The Balaban J connectivity index is 0.00000127. The Kier molecular flexibility index (Phi) is 7.24. The molecule has 1 fully saturated rings. The fraction of sp³-hybridized carbons (Fsp3) is 0.611. The zero-order valence-corrected chi connectivity index (χ0v) is 15.5. The number of sulfone groups is 1. The molecule has 4 nitrogen and oxygen atoms in total. The zero-order chi connectivity index (χ0) is 17.5. The van der Waals surface area contributed by atoms with Gasteiger partial charge in [0.25, 0.3) is 0 Å². The molecule has 0 unspecified atom stereocenters. The lowest BCUT2D eigenvalue weighted by Crippen LogP contribution is -2.38. The Labute approximate surface area is 141 Å². The summed E-state index contributed by atoms with van der Waals surface area (Å²) in [7, 11) is -3.19. The van der Waals surface area contributed by atoms with Crippen molar-refractivity contribution in [1.82, 2.24) is 4.90 Å². The van der Waals surface area contributed by atoms with Crippen LogP contribution in [0.1, 0.15) is 45.6 Å². The first kappa shape index (κ1) is 19.7. The van der Waals surface area contributed by atoms with Gasteiger partial charge in [0, 0.05) is 19.2 Å². The zero-order valence-electron chi connectivity index (χ0n) is 14.7. The third-order valence-corrected chi connectivity index (χ3v) is 5.53. The molecule has 128 valence electrons. The van der Waals surface area contributed by atoms with Gasteiger partial charge >= 0.3 is 0 Å². The highest BCUT2D eigenvalue weighted by Gasteiger charge is 2.30. The molecule has 1 saturated heterocycles. The number of benzene rings is 1. The van der Waals surface area contributed by atoms with Crippen LogP contribution in [0.4, 0.5) is 0 Å². The van der Waals surface area contributed by atoms with Gasteiger partial charge in [0.2, 0.25) is 0 Å². The number of nitriles is 1. The Bertz CT molecular complexity index is 639. The number of hydrogen-bond acceptors (Lipinski definition) is 4. The monoisotopic (exact) mass is 336 g/mol. The first-order chi connectivity index (χ1) is 10.8. The maximum Gasteiger partial charge on any atom is 0.175 e. The SMILES string of the molecule is CC.CC1(CC#N)CCN(Cc2ccccc2S(C)(=O)=O)CC1. The molecular formula is C18H28N2O2S. The molecule has 1 aromatic rings. The van der Waals surface area contributed by atoms with Gasteiger partial charge in [-0.15, -0.1) is 0 Å². The molecular weight excluding hydrogens is 308 g/mol. The normalized spacial score (nSPS) is 17.7. The highest BCUT2D eigenvalue weighted by molar-refractivity contribution is 7.90. The molecule has 0 aliphatic carbocycles. The first-order valence-corrected chi connectivity index (χ1v) is 10.1. The Morgan fingerprint density at radius 2 is 1.78 bits per heavy atom. The van der Waals surface area contributed by atoms with Crippen LogP contribution in [0.2, 0.25) is 0 Å². The van der Waals surface area contributed by atoms with Crippen molar-refractivity contribution in [2.45, 2.75) is 51.5 Å². The fourth-order valence-electron chi connectivity index (χ4n) is 2.86. The molecule has 0 aromatic heterocycles. The van der Waals surface area contributed by atoms with Gasteiger partial charge in [0.1, 0.15) is 0 Å². The van der Waals surface area contributed by atoms with E-state index in [-0.39, 0.29) is 5.41 Å². The van der Waals surface area contributed by atoms with Crippen LogP contribution in [0.15, 0.2) is 29.2 Å². The molecule has 1 aliphatic heterocycles. The van der Waals surface area contributed by atoms with Crippen LogP contribution in [-0.2, 0) is 16.4 Å². The average molecular weight is 337 g/mol. The molecule has 1 aliphatic rings. The molecule has 1 heterocycles. The van der Waals surface area contributed by atoms with E-state index in [4.69, 9.17) is 5.26 Å². The summed E-state index contributed by atoms with van der Waals surface area (Å²) in [6.45, 7) is 8.65. The van der Waals surface area contributed by atoms with Crippen LogP contribution in [0.3, 0.4) is 0 Å². The van der Waals surface area contributed by atoms with Crippen molar-refractivity contribution in [3.05, 3.63) is 29.8 Å². The minimum Gasteiger partial charge on any atom is -0.299 e. The van der Waals surface area contributed by atoms with Crippen molar-refractivity contribution in [3.63, 3.8) is 0 Å². The molecule has 0 bridgehead atoms. The van der Waals surface area contributed by atoms with Crippen LogP contribution in [0.5, 0.6) is 0 Å². The summed E-state index contributed by atoms with van der Waals surface area (Å²) in [5.74, 6) is 0. The standard InChI is InChI=1S/C16H22N2O2S.C2H6/c1-16(7-10-17)8-11-18(12-9-16)13-14-5-3-4-6-15(14)21(2,19)20;1-2/h3-6H,7-9,11-13H2,1-2H3;1-2H3. The summed E-state index contributed by atoms with van der Waals surface area (Å²) < 4.78 is 23.7. The molecule has 0 spiro atoms. The molecule has 1 aromatic carbocycles. The molecule has 0 saturated carbocycles. The molecule has 2 rings (SSSR count). The third kappa shape index (κ3) is 5.63. The summed E-state index contributed by atoms with van der Waals surface area (Å²) in [6.07, 6.45) is 3.83. The van der Waals surface area contributed by atoms with Crippen molar-refractivity contribution in [2.75, 3.05) is 19.3 Å². The summed E-state index contributed by atoms with van der Waals surface area (Å²) >= 11 is 0. The maximum absolute atomic E-state index is 11.8. The summed E-state index contributed by atoms with van der Waals surface area (Å²) in [4.78, 5) is 2.71. The van der Waals surface area contributed by atoms with Gasteiger partial charge in [-0.05, 0) is 43.0 Å². The predicted octanol–water partition coefficient (Wildman–Crippen LogP) is 3.63. The number of nitrogens with zero attached hydrogens (tertiary/aromatic N) is 2. The number of hydrogen-bond donors (Lipinski definition) is 0. The van der Waals surface area contributed by atoms with Crippen molar-refractivity contribution in [1.29, 1.82) is 5.26 Å². The van der Waals surface area contributed by atoms with Crippen molar-refractivity contribution in [2.24, 2.45) is 5.41 Å². The molecule has 0 amide bonds. The third-order valence-electron chi connectivity index (χ3n) is 4.34. The van der Waals surface area contributed by atoms with Crippen molar-refractivity contribution < 1.29 is 8.42 Å². The molecule has 0 N–H and O–H groups in total. The molecule has 5 heteroatoms. The molecule has 0 atom stereocenters. The Hall–Kier alpha value is -1.38. The smallest absolute Gasteiger partial charge is 0.175 e. The minimum atomic E-state index is -3.19. The average Bonchev–Trinajstić information content (AvgIpc) is 2.51. The topological polar surface area (TPSA) is 61.2 Å². The fourth-order valence-corrected chi connectivity index (χ4v) is 3.79. The highest BCUT2D eigenvalue weighted by Crippen LogP contribution is 2.34. The van der Waals surface area contributed by atoms with Gasteiger partial charge in [-0.1, -0.05) is 39.0 Å². The summed E-state index contributed by atoms with van der Waals surface area (Å²) in [5.41, 5.74) is 0.977. The second-order valence-corrected chi connectivity index (χ2v) is 8.29. The van der Waals surface area contributed by atoms with Crippen LogP contribution < -0.4 is 0 Å². The van der Waals surface area contributed by atoms with E-state index in [1.165, 1.54) is 6.26 Å². The van der Waals surface area contributed by atoms with Gasteiger partial charge in [-0.2, -0.15) is 5.26 Å². The maximum atomic E-state index is 11.8. The van der Waals surface area contributed by atoms with Gasteiger partial charge in [-0.25, -0.2) is 8.42 Å². The van der Waals surface area contributed by atoms with E-state index in [1.807, 2.05) is 26.0 Å². The Morgan fingerprint density at radius 3 is 2.30 bits per heavy atom. The second kappa shape index (κ2) is 8.47. The van der Waals surface area contributed by atoms with Crippen molar-refractivity contribution in [3.8, 4) is 6.07 Å². The Morgan fingerprint density at radius 1 is 1.22 bits per heavy atom. The number of likely N-dealkylation sites (tertiary alicyclic amines) is 1. The van der Waals surface area contributed by atoms with Gasteiger partial charge in [0.05, 0.1) is 11.0 Å². The lowest BCUT2D eigenvalue weighted by molar-refractivity contribution is 0.115. The first-order valence-electron chi connectivity index (χ1n) is 8.21. The van der Waals surface area contributed by atoms with E-state index < -0.39 is 9.84 Å². The van der Waals surface area contributed by atoms with E-state index in [0.29, 0.717) is 17.9 Å². The van der Waals surface area contributed by atoms with E-state index in [2.05, 4.69) is 17.9 Å². The van der Waals surface area contributed by atoms with E-state index in [9.17, 15) is 8.42 Å². The quantitative estimate of drug-likeness (QED) is 0.842. The largest absolute Gasteiger partial charge is 0.299 e. The van der Waals surface area contributed by atoms with Crippen molar-refractivity contribution >= 4 is 9.84 Å². The second-order valence-electron chi connectivity index (χ2n) is 6.30. The summed E-state index contributed by atoms with van der Waals surface area (Å²) in [5, 5.41) is 8.88.